The zero-order valence-corrected chi connectivity index (χ0v) is 10.9. The van der Waals surface area contributed by atoms with E-state index >= 15 is 0 Å². The van der Waals surface area contributed by atoms with E-state index in [9.17, 15) is 0 Å². The van der Waals surface area contributed by atoms with Crippen LogP contribution in [0.25, 0.3) is 5.69 Å². The third-order valence-corrected chi connectivity index (χ3v) is 2.73. The second-order valence-electron chi connectivity index (χ2n) is 4.20. The van der Waals surface area contributed by atoms with E-state index in [0.717, 1.165) is 17.2 Å². The Balaban J connectivity index is 1.78. The second-order valence-corrected chi connectivity index (χ2v) is 4.20. The molecule has 0 bridgehead atoms. The van der Waals surface area contributed by atoms with E-state index in [1.165, 1.54) is 0 Å². The molecular weight excluding hydrogens is 254 g/mol. The molecule has 0 atom stereocenters. The summed E-state index contributed by atoms with van der Waals surface area (Å²) in [6, 6.07) is 11.6. The van der Waals surface area contributed by atoms with Gasteiger partial charge in [0.15, 0.2) is 0 Å². The lowest BCUT2D eigenvalue weighted by Crippen LogP contribution is -2.09. The minimum absolute atomic E-state index is 0.538. The summed E-state index contributed by atoms with van der Waals surface area (Å²) in [5.74, 6) is 1.32. The molecule has 0 amide bonds. The van der Waals surface area contributed by atoms with Gasteiger partial charge in [0, 0.05) is 6.20 Å². The van der Waals surface area contributed by atoms with Crippen LogP contribution < -0.4 is 5.32 Å². The molecule has 0 aliphatic carbocycles. The highest BCUT2D eigenvalue weighted by Crippen LogP contribution is 2.11. The van der Waals surface area contributed by atoms with Gasteiger partial charge in [-0.3, -0.25) is 0 Å². The standard InChI is InChI=1S/C13H13N7/c1-10-14-8-7-11(16-10)9-15-13-17-18-19-20(13)12-5-3-2-4-6-12/h2-8H,9H2,1H3,(H,15,17,19). The first-order chi connectivity index (χ1) is 9.83. The zero-order valence-electron chi connectivity index (χ0n) is 10.9. The summed E-state index contributed by atoms with van der Waals surface area (Å²) in [6.45, 7) is 2.40. The van der Waals surface area contributed by atoms with Crippen molar-refractivity contribution in [3.05, 3.63) is 54.1 Å². The first kappa shape index (κ1) is 12.2. The summed E-state index contributed by atoms with van der Waals surface area (Å²) < 4.78 is 1.65. The van der Waals surface area contributed by atoms with Gasteiger partial charge in [-0.25, -0.2) is 9.97 Å². The van der Waals surface area contributed by atoms with Gasteiger partial charge in [-0.15, -0.1) is 0 Å². The van der Waals surface area contributed by atoms with Crippen molar-refractivity contribution in [1.29, 1.82) is 0 Å². The number of anilines is 1. The number of tetrazole rings is 1. The number of aryl methyl sites for hydroxylation is 1. The molecule has 0 spiro atoms. The van der Waals surface area contributed by atoms with Gasteiger partial charge in [0.05, 0.1) is 17.9 Å². The Hall–Kier alpha value is -2.83. The van der Waals surface area contributed by atoms with Crippen molar-refractivity contribution in [2.45, 2.75) is 13.5 Å². The molecule has 2 aromatic heterocycles. The van der Waals surface area contributed by atoms with Crippen LogP contribution in [0.4, 0.5) is 5.95 Å². The SMILES string of the molecule is Cc1nccc(CNc2nnnn2-c2ccccc2)n1. The van der Waals surface area contributed by atoms with E-state index in [1.54, 1.807) is 10.9 Å². The Labute approximate surface area is 115 Å². The number of aromatic nitrogens is 6. The number of hydrogen-bond donors (Lipinski definition) is 1. The van der Waals surface area contributed by atoms with Crippen LogP contribution >= 0.6 is 0 Å². The van der Waals surface area contributed by atoms with Crippen LogP contribution in [0.15, 0.2) is 42.6 Å². The minimum Gasteiger partial charge on any atom is -0.347 e. The average Bonchev–Trinajstić information content (AvgIpc) is 2.95. The van der Waals surface area contributed by atoms with Crippen LogP contribution in [0, 0.1) is 6.92 Å². The van der Waals surface area contributed by atoms with Crippen LogP contribution in [-0.2, 0) is 6.54 Å². The molecule has 1 aromatic carbocycles. The van der Waals surface area contributed by atoms with E-state index in [-0.39, 0.29) is 0 Å². The van der Waals surface area contributed by atoms with Crippen molar-refractivity contribution in [2.24, 2.45) is 0 Å². The van der Waals surface area contributed by atoms with Crippen LogP contribution in [-0.4, -0.2) is 30.2 Å². The molecule has 3 rings (SSSR count). The quantitative estimate of drug-likeness (QED) is 0.769. The van der Waals surface area contributed by atoms with Gasteiger partial charge in [0.1, 0.15) is 5.82 Å². The van der Waals surface area contributed by atoms with Gasteiger partial charge in [-0.2, -0.15) is 4.68 Å². The van der Waals surface area contributed by atoms with Gasteiger partial charge in [0.2, 0.25) is 5.95 Å². The van der Waals surface area contributed by atoms with Gasteiger partial charge in [-0.05, 0) is 35.5 Å². The molecule has 0 aliphatic heterocycles. The lowest BCUT2D eigenvalue weighted by Gasteiger charge is -2.06. The molecule has 0 fully saturated rings. The van der Waals surface area contributed by atoms with Crippen molar-refractivity contribution in [3.63, 3.8) is 0 Å². The van der Waals surface area contributed by atoms with E-state index in [0.29, 0.717) is 12.5 Å². The largest absolute Gasteiger partial charge is 0.347 e. The Kier molecular flexibility index (Phi) is 3.32. The zero-order chi connectivity index (χ0) is 13.8. The first-order valence-corrected chi connectivity index (χ1v) is 6.19. The fraction of sp³-hybridized carbons (Fsp3) is 0.154. The number of hydrogen-bond acceptors (Lipinski definition) is 6. The molecule has 0 unspecified atom stereocenters. The number of nitrogens with one attached hydrogen (secondary N) is 1. The lowest BCUT2D eigenvalue weighted by molar-refractivity contribution is 0.788. The van der Waals surface area contributed by atoms with E-state index in [2.05, 4.69) is 30.8 Å². The van der Waals surface area contributed by atoms with Gasteiger partial charge in [-0.1, -0.05) is 23.3 Å². The lowest BCUT2D eigenvalue weighted by atomic mass is 10.3. The fourth-order valence-electron chi connectivity index (χ4n) is 1.81. The number of rotatable bonds is 4. The first-order valence-electron chi connectivity index (χ1n) is 6.19. The molecule has 0 saturated carbocycles. The smallest absolute Gasteiger partial charge is 0.248 e. The van der Waals surface area contributed by atoms with Crippen molar-refractivity contribution in [1.82, 2.24) is 30.2 Å². The topological polar surface area (TPSA) is 81.4 Å². The van der Waals surface area contributed by atoms with Crippen LogP contribution in [0.3, 0.4) is 0 Å². The highest BCUT2D eigenvalue weighted by Gasteiger charge is 2.07. The maximum Gasteiger partial charge on any atom is 0.248 e. The summed E-state index contributed by atoms with van der Waals surface area (Å²) in [7, 11) is 0. The molecule has 0 saturated heterocycles. The van der Waals surface area contributed by atoms with Gasteiger partial charge < -0.3 is 5.32 Å². The summed E-state index contributed by atoms with van der Waals surface area (Å²) in [4.78, 5) is 8.39. The monoisotopic (exact) mass is 267 g/mol. The van der Waals surface area contributed by atoms with E-state index in [4.69, 9.17) is 0 Å². The fourth-order valence-corrected chi connectivity index (χ4v) is 1.81. The van der Waals surface area contributed by atoms with Crippen molar-refractivity contribution >= 4 is 5.95 Å². The predicted molar refractivity (Wildman–Crippen MR) is 73.2 cm³/mol. The van der Waals surface area contributed by atoms with Gasteiger partial charge >= 0.3 is 0 Å². The Morgan fingerprint density at radius 3 is 2.80 bits per heavy atom. The van der Waals surface area contributed by atoms with Crippen molar-refractivity contribution < 1.29 is 0 Å². The normalized spacial score (nSPS) is 10.4. The van der Waals surface area contributed by atoms with Gasteiger partial charge in [0.25, 0.3) is 0 Å². The average molecular weight is 267 g/mol. The molecular formula is C13H13N7. The summed E-state index contributed by atoms with van der Waals surface area (Å²) >= 11 is 0. The Morgan fingerprint density at radius 1 is 1.15 bits per heavy atom. The minimum atomic E-state index is 0.538. The third-order valence-electron chi connectivity index (χ3n) is 2.73. The molecule has 3 aromatic rings. The maximum absolute atomic E-state index is 4.32. The highest BCUT2D eigenvalue weighted by atomic mass is 15.6. The number of nitrogens with zero attached hydrogens (tertiary/aromatic N) is 6. The van der Waals surface area contributed by atoms with Crippen LogP contribution in [0.2, 0.25) is 0 Å². The molecule has 2 heterocycles. The van der Waals surface area contributed by atoms with E-state index in [1.807, 2.05) is 43.3 Å². The molecule has 0 radical (unpaired) electrons. The number of para-hydroxylation sites is 1. The maximum atomic E-state index is 4.32. The Bertz CT molecular complexity index is 693. The molecule has 1 N–H and O–H groups in total. The summed E-state index contributed by atoms with van der Waals surface area (Å²) in [5.41, 5.74) is 1.79. The number of benzene rings is 1. The predicted octanol–water partition coefficient (Wildman–Crippen LogP) is 1.37. The molecule has 100 valence electrons. The second kappa shape index (κ2) is 5.43. The van der Waals surface area contributed by atoms with Crippen LogP contribution in [0.1, 0.15) is 11.5 Å². The van der Waals surface area contributed by atoms with E-state index < -0.39 is 0 Å². The van der Waals surface area contributed by atoms with Crippen molar-refractivity contribution in [2.75, 3.05) is 5.32 Å². The third kappa shape index (κ3) is 2.61. The van der Waals surface area contributed by atoms with Crippen LogP contribution in [0.5, 0.6) is 0 Å². The molecule has 7 nitrogen and oxygen atoms in total. The highest BCUT2D eigenvalue weighted by molar-refractivity contribution is 5.38. The Morgan fingerprint density at radius 2 is 2.00 bits per heavy atom. The van der Waals surface area contributed by atoms with Crippen molar-refractivity contribution in [3.8, 4) is 5.69 Å². The molecule has 7 heteroatoms. The summed E-state index contributed by atoms with van der Waals surface area (Å²) in [5, 5.41) is 14.8. The summed E-state index contributed by atoms with van der Waals surface area (Å²) in [6.07, 6.45) is 1.74. The molecule has 0 aliphatic rings. The molecule has 20 heavy (non-hydrogen) atoms.